The lowest BCUT2D eigenvalue weighted by atomic mass is 10.1. The third-order valence-corrected chi connectivity index (χ3v) is 5.58. The van der Waals surface area contributed by atoms with Crippen LogP contribution in [0.2, 0.25) is 0 Å². The van der Waals surface area contributed by atoms with Gasteiger partial charge in [0.2, 0.25) is 15.9 Å². The number of sulfonamides is 1. The predicted molar refractivity (Wildman–Crippen MR) is 110 cm³/mol. The second-order valence-corrected chi connectivity index (χ2v) is 8.69. The SMILES string of the molecule is CCc1ccc(N(CC(=O)N[C@@H](C)CCc2ccccc2)S(C)(=O)=O)cc1. The van der Waals surface area contributed by atoms with Gasteiger partial charge in [0.1, 0.15) is 6.54 Å². The van der Waals surface area contributed by atoms with Crippen LogP contribution in [-0.2, 0) is 27.7 Å². The lowest BCUT2D eigenvalue weighted by molar-refractivity contribution is -0.120. The van der Waals surface area contributed by atoms with E-state index in [4.69, 9.17) is 0 Å². The molecule has 0 heterocycles. The van der Waals surface area contributed by atoms with E-state index in [1.807, 2.05) is 44.2 Å². The first-order chi connectivity index (χ1) is 12.8. The van der Waals surface area contributed by atoms with Crippen molar-refractivity contribution < 1.29 is 13.2 Å². The summed E-state index contributed by atoms with van der Waals surface area (Å²) in [5.74, 6) is -0.305. The maximum Gasteiger partial charge on any atom is 0.240 e. The largest absolute Gasteiger partial charge is 0.352 e. The van der Waals surface area contributed by atoms with Crippen molar-refractivity contribution in [1.82, 2.24) is 5.32 Å². The van der Waals surface area contributed by atoms with Gasteiger partial charge < -0.3 is 5.32 Å². The topological polar surface area (TPSA) is 66.5 Å². The summed E-state index contributed by atoms with van der Waals surface area (Å²) in [7, 11) is -3.55. The maximum atomic E-state index is 12.4. The molecule has 2 rings (SSSR count). The Hall–Kier alpha value is -2.34. The number of hydrogen-bond acceptors (Lipinski definition) is 3. The zero-order chi connectivity index (χ0) is 19.9. The number of rotatable bonds is 9. The van der Waals surface area contributed by atoms with Crippen molar-refractivity contribution in [3.63, 3.8) is 0 Å². The molecule has 2 aromatic rings. The molecule has 146 valence electrons. The van der Waals surface area contributed by atoms with E-state index in [-0.39, 0.29) is 18.5 Å². The zero-order valence-corrected chi connectivity index (χ0v) is 17.0. The summed E-state index contributed by atoms with van der Waals surface area (Å²) in [5.41, 5.74) is 2.83. The van der Waals surface area contributed by atoms with Crippen molar-refractivity contribution in [2.45, 2.75) is 39.2 Å². The van der Waals surface area contributed by atoms with E-state index < -0.39 is 10.0 Å². The van der Waals surface area contributed by atoms with Crippen LogP contribution < -0.4 is 9.62 Å². The molecule has 1 amide bonds. The molecule has 0 bridgehead atoms. The highest BCUT2D eigenvalue weighted by Gasteiger charge is 2.21. The summed E-state index contributed by atoms with van der Waals surface area (Å²) in [6.45, 7) is 3.75. The molecule has 0 aliphatic heterocycles. The highest BCUT2D eigenvalue weighted by molar-refractivity contribution is 7.92. The number of hydrogen-bond donors (Lipinski definition) is 1. The minimum atomic E-state index is -3.55. The molecule has 0 aromatic heterocycles. The average Bonchev–Trinajstić information content (AvgIpc) is 2.64. The summed E-state index contributed by atoms with van der Waals surface area (Å²) >= 11 is 0. The molecule has 5 nitrogen and oxygen atoms in total. The molecule has 0 aliphatic rings. The van der Waals surface area contributed by atoms with Crippen molar-refractivity contribution in [2.24, 2.45) is 0 Å². The lowest BCUT2D eigenvalue weighted by Crippen LogP contribution is -2.43. The summed E-state index contributed by atoms with van der Waals surface area (Å²) in [6, 6.07) is 17.3. The average molecular weight is 389 g/mol. The molecule has 0 saturated heterocycles. The Morgan fingerprint density at radius 3 is 2.22 bits per heavy atom. The molecule has 0 radical (unpaired) electrons. The Morgan fingerprint density at radius 1 is 1.04 bits per heavy atom. The fraction of sp³-hybridized carbons (Fsp3) is 0.381. The standard InChI is InChI=1S/C21H28N2O3S/c1-4-18-12-14-20(15-13-18)23(27(3,25)26)16-21(24)22-17(2)10-11-19-8-6-5-7-9-19/h5-9,12-15,17H,4,10-11,16H2,1-3H3,(H,22,24)/t17-/m0/s1. The molecule has 27 heavy (non-hydrogen) atoms. The number of amides is 1. The summed E-state index contributed by atoms with van der Waals surface area (Å²) in [4.78, 5) is 12.4. The molecular weight excluding hydrogens is 360 g/mol. The number of aryl methyl sites for hydroxylation is 2. The Morgan fingerprint density at radius 2 is 1.67 bits per heavy atom. The van der Waals surface area contributed by atoms with Crippen LogP contribution in [0.1, 0.15) is 31.4 Å². The van der Waals surface area contributed by atoms with Crippen LogP contribution in [0, 0.1) is 0 Å². The molecule has 0 unspecified atom stereocenters. The van der Waals surface area contributed by atoms with Crippen molar-refractivity contribution in [3.05, 3.63) is 65.7 Å². The van der Waals surface area contributed by atoms with E-state index in [9.17, 15) is 13.2 Å². The van der Waals surface area contributed by atoms with Gasteiger partial charge in [-0.2, -0.15) is 0 Å². The van der Waals surface area contributed by atoms with Crippen LogP contribution in [0.4, 0.5) is 5.69 Å². The van der Waals surface area contributed by atoms with Gasteiger partial charge in [0.15, 0.2) is 0 Å². The van der Waals surface area contributed by atoms with Gasteiger partial charge >= 0.3 is 0 Å². The minimum absolute atomic E-state index is 0.0402. The maximum absolute atomic E-state index is 12.4. The monoisotopic (exact) mass is 388 g/mol. The van der Waals surface area contributed by atoms with Gasteiger partial charge in [0, 0.05) is 6.04 Å². The zero-order valence-electron chi connectivity index (χ0n) is 16.2. The fourth-order valence-electron chi connectivity index (χ4n) is 2.85. The van der Waals surface area contributed by atoms with Crippen LogP contribution >= 0.6 is 0 Å². The molecule has 1 atom stereocenters. The van der Waals surface area contributed by atoms with Gasteiger partial charge in [-0.05, 0) is 49.4 Å². The van der Waals surface area contributed by atoms with Crippen molar-refractivity contribution in [3.8, 4) is 0 Å². The van der Waals surface area contributed by atoms with Gasteiger partial charge in [-0.3, -0.25) is 9.10 Å². The predicted octanol–water partition coefficient (Wildman–Crippen LogP) is 3.15. The lowest BCUT2D eigenvalue weighted by Gasteiger charge is -2.23. The minimum Gasteiger partial charge on any atom is -0.352 e. The van der Waals surface area contributed by atoms with E-state index in [0.717, 1.165) is 35.4 Å². The Kier molecular flexibility index (Phi) is 7.42. The van der Waals surface area contributed by atoms with Gasteiger partial charge in [0.25, 0.3) is 0 Å². The van der Waals surface area contributed by atoms with E-state index in [2.05, 4.69) is 17.4 Å². The first-order valence-electron chi connectivity index (χ1n) is 9.19. The molecule has 0 fully saturated rings. The van der Waals surface area contributed by atoms with E-state index in [1.165, 1.54) is 5.56 Å². The van der Waals surface area contributed by atoms with Crippen LogP contribution in [0.25, 0.3) is 0 Å². The number of benzene rings is 2. The number of carbonyl (C=O) groups is 1. The first-order valence-corrected chi connectivity index (χ1v) is 11.0. The van der Waals surface area contributed by atoms with Crippen molar-refractivity contribution in [2.75, 3.05) is 17.1 Å². The second-order valence-electron chi connectivity index (χ2n) is 6.78. The summed E-state index contributed by atoms with van der Waals surface area (Å²) in [5, 5.41) is 2.90. The first kappa shape index (κ1) is 21.0. The molecule has 6 heteroatoms. The smallest absolute Gasteiger partial charge is 0.240 e. The van der Waals surface area contributed by atoms with E-state index in [1.54, 1.807) is 12.1 Å². The van der Waals surface area contributed by atoms with Crippen LogP contribution in [0.5, 0.6) is 0 Å². The summed E-state index contributed by atoms with van der Waals surface area (Å²) in [6.07, 6.45) is 3.64. The Labute approximate surface area is 162 Å². The quantitative estimate of drug-likeness (QED) is 0.718. The highest BCUT2D eigenvalue weighted by atomic mass is 32.2. The third kappa shape index (κ3) is 6.71. The number of anilines is 1. The molecular formula is C21H28N2O3S. The molecule has 1 N–H and O–H groups in total. The number of carbonyl (C=O) groups excluding carboxylic acids is 1. The number of nitrogens with one attached hydrogen (secondary N) is 1. The van der Waals surface area contributed by atoms with Gasteiger partial charge in [-0.25, -0.2) is 8.42 Å². The van der Waals surface area contributed by atoms with Crippen LogP contribution in [0.3, 0.4) is 0 Å². The second kappa shape index (κ2) is 9.55. The molecule has 2 aromatic carbocycles. The van der Waals surface area contributed by atoms with Gasteiger partial charge in [-0.1, -0.05) is 49.4 Å². The molecule has 0 spiro atoms. The normalized spacial score (nSPS) is 12.4. The Bertz CT molecular complexity index is 833. The van der Waals surface area contributed by atoms with Gasteiger partial charge in [0.05, 0.1) is 11.9 Å². The highest BCUT2D eigenvalue weighted by Crippen LogP contribution is 2.18. The van der Waals surface area contributed by atoms with Crippen molar-refractivity contribution in [1.29, 1.82) is 0 Å². The number of nitrogens with zero attached hydrogens (tertiary/aromatic N) is 1. The van der Waals surface area contributed by atoms with E-state index >= 15 is 0 Å². The van der Waals surface area contributed by atoms with Crippen molar-refractivity contribution >= 4 is 21.6 Å². The summed E-state index contributed by atoms with van der Waals surface area (Å²) < 4.78 is 25.5. The molecule has 0 aliphatic carbocycles. The van der Waals surface area contributed by atoms with Crippen LogP contribution in [0.15, 0.2) is 54.6 Å². The molecule has 0 saturated carbocycles. The van der Waals surface area contributed by atoms with E-state index in [0.29, 0.717) is 5.69 Å². The fourth-order valence-corrected chi connectivity index (χ4v) is 3.71. The third-order valence-electron chi connectivity index (χ3n) is 4.44. The van der Waals surface area contributed by atoms with Gasteiger partial charge in [-0.15, -0.1) is 0 Å². The van der Waals surface area contributed by atoms with Crippen LogP contribution in [-0.4, -0.2) is 33.2 Å². The Balaban J connectivity index is 1.96.